The quantitative estimate of drug-likeness (QED) is 0.743. The Morgan fingerprint density at radius 2 is 2.22 bits per heavy atom. The Kier molecular flexibility index (Phi) is 6.32. The molecule has 5 heterocycles. The summed E-state index contributed by atoms with van der Waals surface area (Å²) in [5.74, 6) is 1.01. The zero-order valence-corrected chi connectivity index (χ0v) is 18.5. The highest BCUT2D eigenvalue weighted by Crippen LogP contribution is 2.27. The number of aromatic nitrogens is 3. The number of ether oxygens (including phenoxy) is 1. The SMILES string of the molecule is O=C(CCC1CCCO1)N1CCC(c2nc3c(c(=O)[nH]2)CCN(Cc2cccnc2)C3)C1. The molecule has 1 amide bonds. The largest absolute Gasteiger partial charge is 0.378 e. The number of nitrogens with zero attached hydrogens (tertiary/aromatic N) is 4. The number of pyridine rings is 1. The number of rotatable bonds is 6. The number of carbonyl (C=O) groups excluding carboxylic acids is 1. The van der Waals surface area contributed by atoms with Gasteiger partial charge in [0, 0.05) is 69.6 Å². The van der Waals surface area contributed by atoms with Gasteiger partial charge in [-0.05, 0) is 43.7 Å². The van der Waals surface area contributed by atoms with Gasteiger partial charge in [-0.15, -0.1) is 0 Å². The van der Waals surface area contributed by atoms with Crippen molar-refractivity contribution < 1.29 is 9.53 Å². The number of carbonyl (C=O) groups is 1. The van der Waals surface area contributed by atoms with E-state index in [2.05, 4.69) is 20.9 Å². The Labute approximate surface area is 188 Å². The summed E-state index contributed by atoms with van der Waals surface area (Å²) in [5.41, 5.74) is 2.82. The van der Waals surface area contributed by atoms with E-state index in [4.69, 9.17) is 9.72 Å². The zero-order chi connectivity index (χ0) is 21.9. The molecule has 8 nitrogen and oxygen atoms in total. The highest BCUT2D eigenvalue weighted by molar-refractivity contribution is 5.76. The summed E-state index contributed by atoms with van der Waals surface area (Å²) in [6.07, 6.45) is 8.95. The molecule has 0 aromatic carbocycles. The van der Waals surface area contributed by atoms with Gasteiger partial charge in [0.15, 0.2) is 0 Å². The van der Waals surface area contributed by atoms with Crippen LogP contribution in [0.1, 0.15) is 60.7 Å². The number of fused-ring (bicyclic) bond motifs is 1. The van der Waals surface area contributed by atoms with E-state index in [-0.39, 0.29) is 23.5 Å². The second-order valence-corrected chi connectivity index (χ2v) is 9.20. The summed E-state index contributed by atoms with van der Waals surface area (Å²) >= 11 is 0. The van der Waals surface area contributed by atoms with E-state index in [0.29, 0.717) is 25.9 Å². The minimum Gasteiger partial charge on any atom is -0.378 e. The van der Waals surface area contributed by atoms with Gasteiger partial charge in [-0.2, -0.15) is 0 Å². The van der Waals surface area contributed by atoms with E-state index in [0.717, 1.165) is 74.6 Å². The van der Waals surface area contributed by atoms with E-state index in [1.165, 1.54) is 0 Å². The van der Waals surface area contributed by atoms with Crippen molar-refractivity contribution in [1.82, 2.24) is 24.8 Å². The lowest BCUT2D eigenvalue weighted by atomic mass is 10.0. The molecule has 5 rings (SSSR count). The van der Waals surface area contributed by atoms with Crippen LogP contribution in [0.3, 0.4) is 0 Å². The number of hydrogen-bond acceptors (Lipinski definition) is 6. The van der Waals surface area contributed by atoms with Crippen LogP contribution < -0.4 is 5.56 Å². The number of amides is 1. The van der Waals surface area contributed by atoms with Crippen molar-refractivity contribution >= 4 is 5.91 Å². The molecular weight excluding hydrogens is 406 g/mol. The van der Waals surface area contributed by atoms with Crippen LogP contribution in [-0.4, -0.2) is 63.0 Å². The maximum absolute atomic E-state index is 12.8. The molecule has 2 aromatic heterocycles. The summed E-state index contributed by atoms with van der Waals surface area (Å²) < 4.78 is 5.64. The second-order valence-electron chi connectivity index (χ2n) is 9.20. The Bertz CT molecular complexity index is 1000. The first-order valence-corrected chi connectivity index (χ1v) is 11.8. The molecule has 0 spiro atoms. The molecule has 2 aromatic rings. The van der Waals surface area contributed by atoms with Gasteiger partial charge in [-0.25, -0.2) is 4.98 Å². The molecule has 8 heteroatoms. The molecule has 0 radical (unpaired) electrons. The molecule has 2 fully saturated rings. The van der Waals surface area contributed by atoms with Crippen LogP contribution in [-0.2, 0) is 29.0 Å². The second kappa shape index (κ2) is 9.50. The first kappa shape index (κ1) is 21.3. The number of aromatic amines is 1. The van der Waals surface area contributed by atoms with Gasteiger partial charge in [0.05, 0.1) is 11.8 Å². The number of hydrogen-bond donors (Lipinski definition) is 1. The third-order valence-electron chi connectivity index (χ3n) is 6.93. The normalized spacial score (nSPS) is 23.4. The van der Waals surface area contributed by atoms with Crippen molar-refractivity contribution in [3.8, 4) is 0 Å². The van der Waals surface area contributed by atoms with Crippen molar-refractivity contribution in [3.05, 3.63) is 57.5 Å². The fourth-order valence-electron chi connectivity index (χ4n) is 5.12. The van der Waals surface area contributed by atoms with Gasteiger partial charge in [0.2, 0.25) is 5.91 Å². The van der Waals surface area contributed by atoms with Crippen molar-refractivity contribution in [1.29, 1.82) is 0 Å². The van der Waals surface area contributed by atoms with Gasteiger partial charge < -0.3 is 14.6 Å². The third-order valence-corrected chi connectivity index (χ3v) is 6.93. The van der Waals surface area contributed by atoms with Crippen LogP contribution in [0, 0.1) is 0 Å². The summed E-state index contributed by atoms with van der Waals surface area (Å²) in [4.78, 5) is 41.7. The Morgan fingerprint density at radius 3 is 3.03 bits per heavy atom. The number of likely N-dealkylation sites (tertiary alicyclic amines) is 1. The molecule has 32 heavy (non-hydrogen) atoms. The van der Waals surface area contributed by atoms with Gasteiger partial charge in [-0.1, -0.05) is 6.07 Å². The number of H-pyrrole nitrogens is 1. The molecular formula is C24H31N5O3. The zero-order valence-electron chi connectivity index (χ0n) is 18.5. The molecule has 0 bridgehead atoms. The first-order chi connectivity index (χ1) is 15.7. The van der Waals surface area contributed by atoms with Crippen molar-refractivity contribution in [2.45, 2.75) is 63.6 Å². The minimum atomic E-state index is -0.0193. The summed E-state index contributed by atoms with van der Waals surface area (Å²) in [7, 11) is 0. The number of nitrogens with one attached hydrogen (secondary N) is 1. The molecule has 0 aliphatic carbocycles. The molecule has 2 atom stereocenters. The molecule has 0 saturated carbocycles. The highest BCUT2D eigenvalue weighted by Gasteiger charge is 2.31. The van der Waals surface area contributed by atoms with Crippen molar-refractivity contribution in [2.24, 2.45) is 0 Å². The highest BCUT2D eigenvalue weighted by atomic mass is 16.5. The Hall–Kier alpha value is -2.58. The average molecular weight is 438 g/mol. The molecule has 3 aliphatic heterocycles. The van der Waals surface area contributed by atoms with Crippen LogP contribution in [0.5, 0.6) is 0 Å². The fourth-order valence-corrected chi connectivity index (χ4v) is 5.12. The van der Waals surface area contributed by atoms with Crippen LogP contribution in [0.2, 0.25) is 0 Å². The smallest absolute Gasteiger partial charge is 0.254 e. The van der Waals surface area contributed by atoms with Crippen LogP contribution >= 0.6 is 0 Å². The van der Waals surface area contributed by atoms with E-state index in [9.17, 15) is 9.59 Å². The monoisotopic (exact) mass is 437 g/mol. The summed E-state index contributed by atoms with van der Waals surface area (Å²) in [6.45, 7) is 4.48. The maximum Gasteiger partial charge on any atom is 0.254 e. The topological polar surface area (TPSA) is 91.4 Å². The van der Waals surface area contributed by atoms with Gasteiger partial charge >= 0.3 is 0 Å². The average Bonchev–Trinajstić information content (AvgIpc) is 3.50. The van der Waals surface area contributed by atoms with E-state index < -0.39 is 0 Å². The van der Waals surface area contributed by atoms with Crippen LogP contribution in [0.4, 0.5) is 0 Å². The van der Waals surface area contributed by atoms with E-state index in [1.54, 1.807) is 6.20 Å². The summed E-state index contributed by atoms with van der Waals surface area (Å²) in [6, 6.07) is 4.02. The Morgan fingerprint density at radius 1 is 1.28 bits per heavy atom. The Balaban J connectivity index is 1.22. The lowest BCUT2D eigenvalue weighted by Gasteiger charge is -2.28. The lowest BCUT2D eigenvalue weighted by molar-refractivity contribution is -0.130. The minimum absolute atomic E-state index is 0.0193. The summed E-state index contributed by atoms with van der Waals surface area (Å²) in [5, 5.41) is 0. The maximum atomic E-state index is 12.8. The third kappa shape index (κ3) is 4.76. The van der Waals surface area contributed by atoms with Crippen molar-refractivity contribution in [3.63, 3.8) is 0 Å². The van der Waals surface area contributed by atoms with Gasteiger partial charge in [0.1, 0.15) is 5.82 Å². The van der Waals surface area contributed by atoms with Gasteiger partial charge in [-0.3, -0.25) is 19.5 Å². The standard InChI is InChI=1S/C24H31N5O3/c30-22(6-5-19-4-2-12-32-19)29-11-7-18(15-29)23-26-21-16-28(10-8-20(21)24(31)27-23)14-17-3-1-9-25-13-17/h1,3,9,13,18-19H,2,4-8,10-12,14-16H2,(H,26,27,31). The molecule has 2 unspecified atom stereocenters. The van der Waals surface area contributed by atoms with Crippen LogP contribution in [0.25, 0.3) is 0 Å². The molecule has 3 aliphatic rings. The molecule has 1 N–H and O–H groups in total. The van der Waals surface area contributed by atoms with E-state index in [1.807, 2.05) is 17.2 Å². The lowest BCUT2D eigenvalue weighted by Crippen LogP contribution is -2.36. The predicted molar refractivity (Wildman–Crippen MR) is 119 cm³/mol. The predicted octanol–water partition coefficient (Wildman–Crippen LogP) is 2.00. The van der Waals surface area contributed by atoms with Crippen molar-refractivity contribution in [2.75, 3.05) is 26.2 Å². The first-order valence-electron chi connectivity index (χ1n) is 11.8. The van der Waals surface area contributed by atoms with Crippen LogP contribution in [0.15, 0.2) is 29.3 Å². The molecule has 170 valence electrons. The fraction of sp³-hybridized carbons (Fsp3) is 0.583. The molecule has 2 saturated heterocycles. The van der Waals surface area contributed by atoms with Gasteiger partial charge in [0.25, 0.3) is 5.56 Å². The van der Waals surface area contributed by atoms with E-state index >= 15 is 0 Å².